The number of nitrogens with one attached hydrogen (secondary N) is 2. The first-order chi connectivity index (χ1) is 8.92. The molecule has 1 saturated heterocycles. The highest BCUT2D eigenvalue weighted by molar-refractivity contribution is 7.88. The summed E-state index contributed by atoms with van der Waals surface area (Å²) in [7, 11) is -3.39. The van der Waals surface area contributed by atoms with Gasteiger partial charge >= 0.3 is 0 Å². The van der Waals surface area contributed by atoms with Gasteiger partial charge in [-0.1, -0.05) is 0 Å². The SMILES string of the molecule is CS(=O)(=O)NCC(=O)N[C@@H]1COCC[C@@H]1OCCO. The van der Waals surface area contributed by atoms with Crippen LogP contribution in [-0.4, -0.2) is 70.8 Å². The van der Waals surface area contributed by atoms with Gasteiger partial charge in [-0.3, -0.25) is 4.79 Å². The number of carbonyl (C=O) groups excluding carboxylic acids is 1. The van der Waals surface area contributed by atoms with E-state index in [4.69, 9.17) is 14.6 Å². The molecule has 0 aromatic carbocycles. The van der Waals surface area contributed by atoms with Gasteiger partial charge in [-0.25, -0.2) is 13.1 Å². The van der Waals surface area contributed by atoms with Crippen LogP contribution < -0.4 is 10.0 Å². The highest BCUT2D eigenvalue weighted by atomic mass is 32.2. The number of rotatable bonds is 7. The lowest BCUT2D eigenvalue weighted by atomic mass is 10.1. The third-order valence-corrected chi connectivity index (χ3v) is 3.23. The summed E-state index contributed by atoms with van der Waals surface area (Å²) >= 11 is 0. The molecule has 1 rings (SSSR count). The molecule has 0 saturated carbocycles. The molecule has 0 radical (unpaired) electrons. The fourth-order valence-electron chi connectivity index (χ4n) is 1.71. The molecule has 1 amide bonds. The number of aliphatic hydroxyl groups is 1. The van der Waals surface area contributed by atoms with Crippen LogP contribution in [0.4, 0.5) is 0 Å². The van der Waals surface area contributed by atoms with Crippen LogP contribution >= 0.6 is 0 Å². The van der Waals surface area contributed by atoms with E-state index in [1.165, 1.54) is 0 Å². The lowest BCUT2D eigenvalue weighted by Crippen LogP contribution is -2.52. The molecule has 0 bridgehead atoms. The van der Waals surface area contributed by atoms with E-state index in [1.807, 2.05) is 0 Å². The molecular formula is C10H20N2O6S. The number of carbonyl (C=O) groups is 1. The number of sulfonamides is 1. The standard InChI is InChI=1S/C10H20N2O6S/c1-19(15,16)11-6-10(14)12-8-7-17-4-2-9(8)18-5-3-13/h8-9,11,13H,2-7H2,1H3,(H,12,14)/t8-,9+/m1/s1. The summed E-state index contributed by atoms with van der Waals surface area (Å²) in [6.07, 6.45) is 1.37. The molecule has 8 nitrogen and oxygen atoms in total. The molecule has 0 aliphatic carbocycles. The Kier molecular flexibility index (Phi) is 6.66. The molecule has 3 N–H and O–H groups in total. The Labute approximate surface area is 112 Å². The Morgan fingerprint density at radius 3 is 2.89 bits per heavy atom. The van der Waals surface area contributed by atoms with Crippen molar-refractivity contribution in [3.05, 3.63) is 0 Å². The summed E-state index contributed by atoms with van der Waals surface area (Å²) in [5, 5.41) is 11.4. The Hall–Kier alpha value is -0.740. The molecule has 0 unspecified atom stereocenters. The van der Waals surface area contributed by atoms with Crippen molar-refractivity contribution in [2.75, 3.05) is 39.2 Å². The monoisotopic (exact) mass is 296 g/mol. The summed E-state index contributed by atoms with van der Waals surface area (Å²) in [5.41, 5.74) is 0. The summed E-state index contributed by atoms with van der Waals surface area (Å²) < 4.78 is 34.5. The zero-order valence-electron chi connectivity index (χ0n) is 10.8. The molecule has 19 heavy (non-hydrogen) atoms. The largest absolute Gasteiger partial charge is 0.394 e. The fourth-order valence-corrected chi connectivity index (χ4v) is 2.10. The summed E-state index contributed by atoms with van der Waals surface area (Å²) in [4.78, 5) is 11.6. The van der Waals surface area contributed by atoms with Crippen LogP contribution in [0.2, 0.25) is 0 Å². The number of amides is 1. The molecule has 2 atom stereocenters. The molecule has 0 aromatic rings. The number of ether oxygens (including phenoxy) is 2. The van der Waals surface area contributed by atoms with Gasteiger partial charge in [0.1, 0.15) is 0 Å². The number of hydrogen-bond donors (Lipinski definition) is 3. The van der Waals surface area contributed by atoms with Crippen molar-refractivity contribution in [2.45, 2.75) is 18.6 Å². The van der Waals surface area contributed by atoms with E-state index in [-0.39, 0.29) is 31.9 Å². The smallest absolute Gasteiger partial charge is 0.235 e. The molecule has 112 valence electrons. The second kappa shape index (κ2) is 7.75. The Bertz CT molecular complexity index is 385. The van der Waals surface area contributed by atoms with Crippen LogP contribution in [0.5, 0.6) is 0 Å². The van der Waals surface area contributed by atoms with E-state index in [1.54, 1.807) is 0 Å². The van der Waals surface area contributed by atoms with Crippen molar-refractivity contribution in [1.82, 2.24) is 10.0 Å². The van der Waals surface area contributed by atoms with Gasteiger partial charge in [0.05, 0.1) is 44.8 Å². The highest BCUT2D eigenvalue weighted by Gasteiger charge is 2.27. The first-order valence-electron chi connectivity index (χ1n) is 5.96. The normalized spacial score (nSPS) is 24.1. The zero-order chi connectivity index (χ0) is 14.3. The van der Waals surface area contributed by atoms with Crippen molar-refractivity contribution in [3.63, 3.8) is 0 Å². The molecule has 0 aromatic heterocycles. The maximum atomic E-state index is 11.6. The summed E-state index contributed by atoms with van der Waals surface area (Å²) in [6.45, 7) is 0.624. The average molecular weight is 296 g/mol. The highest BCUT2D eigenvalue weighted by Crippen LogP contribution is 2.11. The molecule has 1 aliphatic rings. The van der Waals surface area contributed by atoms with Gasteiger partial charge in [0.25, 0.3) is 0 Å². The van der Waals surface area contributed by atoms with Gasteiger partial charge in [0, 0.05) is 6.61 Å². The maximum Gasteiger partial charge on any atom is 0.235 e. The van der Waals surface area contributed by atoms with E-state index in [2.05, 4.69) is 10.0 Å². The van der Waals surface area contributed by atoms with Crippen LogP contribution in [0.1, 0.15) is 6.42 Å². The quantitative estimate of drug-likeness (QED) is 0.492. The maximum absolute atomic E-state index is 11.6. The van der Waals surface area contributed by atoms with Crippen molar-refractivity contribution < 1.29 is 27.8 Å². The third-order valence-electron chi connectivity index (χ3n) is 2.56. The van der Waals surface area contributed by atoms with E-state index < -0.39 is 15.9 Å². The van der Waals surface area contributed by atoms with Crippen LogP contribution in [0.3, 0.4) is 0 Å². The van der Waals surface area contributed by atoms with E-state index in [9.17, 15) is 13.2 Å². The first-order valence-corrected chi connectivity index (χ1v) is 7.85. The summed E-state index contributed by atoms with van der Waals surface area (Å²) in [6, 6.07) is -0.339. The lowest BCUT2D eigenvalue weighted by molar-refractivity contribution is -0.125. The van der Waals surface area contributed by atoms with Gasteiger partial charge in [0.2, 0.25) is 15.9 Å². The van der Waals surface area contributed by atoms with E-state index in [0.29, 0.717) is 19.6 Å². The predicted octanol–water partition coefficient (Wildman–Crippen LogP) is -2.18. The topological polar surface area (TPSA) is 114 Å². The van der Waals surface area contributed by atoms with Crippen LogP contribution in [0.25, 0.3) is 0 Å². The van der Waals surface area contributed by atoms with E-state index >= 15 is 0 Å². The lowest BCUT2D eigenvalue weighted by Gasteiger charge is -2.31. The number of hydrogen-bond acceptors (Lipinski definition) is 6. The second-order valence-corrected chi connectivity index (χ2v) is 6.10. The van der Waals surface area contributed by atoms with Crippen molar-refractivity contribution >= 4 is 15.9 Å². The van der Waals surface area contributed by atoms with Crippen LogP contribution in [-0.2, 0) is 24.3 Å². The number of aliphatic hydroxyl groups excluding tert-OH is 1. The Morgan fingerprint density at radius 1 is 1.53 bits per heavy atom. The Morgan fingerprint density at radius 2 is 2.26 bits per heavy atom. The van der Waals surface area contributed by atoms with Gasteiger partial charge < -0.3 is 19.9 Å². The van der Waals surface area contributed by atoms with Gasteiger partial charge in [-0.2, -0.15) is 0 Å². The molecule has 1 aliphatic heterocycles. The first kappa shape index (κ1) is 16.3. The van der Waals surface area contributed by atoms with Crippen molar-refractivity contribution in [3.8, 4) is 0 Å². The van der Waals surface area contributed by atoms with Gasteiger partial charge in [-0.15, -0.1) is 0 Å². The third kappa shape index (κ3) is 6.83. The fraction of sp³-hybridized carbons (Fsp3) is 0.900. The second-order valence-electron chi connectivity index (χ2n) is 4.26. The van der Waals surface area contributed by atoms with Crippen molar-refractivity contribution in [1.29, 1.82) is 0 Å². The van der Waals surface area contributed by atoms with E-state index in [0.717, 1.165) is 6.26 Å². The molecular weight excluding hydrogens is 276 g/mol. The summed E-state index contributed by atoms with van der Waals surface area (Å²) in [5.74, 6) is -0.446. The van der Waals surface area contributed by atoms with Gasteiger partial charge in [0.15, 0.2) is 0 Å². The molecule has 1 heterocycles. The van der Waals surface area contributed by atoms with Crippen LogP contribution in [0.15, 0.2) is 0 Å². The van der Waals surface area contributed by atoms with Crippen molar-refractivity contribution in [2.24, 2.45) is 0 Å². The molecule has 0 spiro atoms. The molecule has 9 heteroatoms. The minimum atomic E-state index is -3.39. The minimum absolute atomic E-state index is 0.0896. The average Bonchev–Trinajstić information content (AvgIpc) is 2.34. The molecule has 1 fully saturated rings. The predicted molar refractivity (Wildman–Crippen MR) is 67.0 cm³/mol. The minimum Gasteiger partial charge on any atom is -0.394 e. The van der Waals surface area contributed by atoms with Crippen LogP contribution in [0, 0.1) is 0 Å². The van der Waals surface area contributed by atoms with Gasteiger partial charge in [-0.05, 0) is 6.42 Å². The Balaban J connectivity index is 2.41. The zero-order valence-corrected chi connectivity index (χ0v) is 11.6.